The molecule has 7 heteroatoms. The summed E-state index contributed by atoms with van der Waals surface area (Å²) in [6.07, 6.45) is 0.352. The van der Waals surface area contributed by atoms with Crippen molar-refractivity contribution in [2.75, 3.05) is 19.6 Å². The highest BCUT2D eigenvalue weighted by atomic mass is 16.6. The van der Waals surface area contributed by atoms with Crippen LogP contribution in [0.15, 0.2) is 30.3 Å². The minimum absolute atomic E-state index is 0.0544. The van der Waals surface area contributed by atoms with E-state index in [0.717, 1.165) is 12.0 Å². The van der Waals surface area contributed by atoms with Gasteiger partial charge >= 0.3 is 6.09 Å². The van der Waals surface area contributed by atoms with Gasteiger partial charge in [-0.2, -0.15) is 0 Å². The van der Waals surface area contributed by atoms with Crippen molar-refractivity contribution >= 4 is 17.9 Å². The summed E-state index contributed by atoms with van der Waals surface area (Å²) in [5.74, 6) is -0.169. The van der Waals surface area contributed by atoms with Crippen LogP contribution < -0.4 is 5.32 Å². The molecule has 0 radical (unpaired) electrons. The maximum atomic E-state index is 12.7. The van der Waals surface area contributed by atoms with Gasteiger partial charge in [-0.1, -0.05) is 50.6 Å². The van der Waals surface area contributed by atoms with Crippen molar-refractivity contribution < 1.29 is 19.1 Å². The molecule has 0 aliphatic carbocycles. The van der Waals surface area contributed by atoms with Gasteiger partial charge in [-0.05, 0) is 11.5 Å². The molecular formula is C19H25N3O4. The van der Waals surface area contributed by atoms with E-state index in [1.165, 1.54) is 4.90 Å². The molecule has 7 nitrogen and oxygen atoms in total. The second-order valence-electron chi connectivity index (χ2n) is 6.91. The van der Waals surface area contributed by atoms with Crippen LogP contribution in [0.3, 0.4) is 0 Å². The summed E-state index contributed by atoms with van der Waals surface area (Å²) in [5.41, 5.74) is 0.904. The first-order valence-electron chi connectivity index (χ1n) is 9.07. The van der Waals surface area contributed by atoms with Gasteiger partial charge < -0.3 is 19.9 Å². The Bertz CT molecular complexity index is 679. The molecule has 0 aromatic heterocycles. The number of fused-ring (bicyclic) bond motifs is 1. The number of ether oxygens (including phenoxy) is 1. The smallest absolute Gasteiger partial charge is 0.410 e. The summed E-state index contributed by atoms with van der Waals surface area (Å²) in [6, 6.07) is 8.32. The highest BCUT2D eigenvalue weighted by Gasteiger charge is 2.45. The summed E-state index contributed by atoms with van der Waals surface area (Å²) < 4.78 is 5.34. The minimum atomic E-state index is -0.638. The minimum Gasteiger partial charge on any atom is -0.445 e. The molecule has 0 unspecified atom stereocenters. The second-order valence-corrected chi connectivity index (χ2v) is 6.91. The van der Waals surface area contributed by atoms with E-state index in [0.29, 0.717) is 13.1 Å². The molecule has 1 aromatic carbocycles. The van der Waals surface area contributed by atoms with Gasteiger partial charge in [0.25, 0.3) is 0 Å². The number of carbonyl (C=O) groups excluding carboxylic acids is 3. The van der Waals surface area contributed by atoms with Crippen LogP contribution in [0.1, 0.15) is 25.8 Å². The summed E-state index contributed by atoms with van der Waals surface area (Å²) in [7, 11) is 0. The molecule has 3 atom stereocenters. The number of piperazine rings is 2. The molecule has 2 aliphatic heterocycles. The van der Waals surface area contributed by atoms with Gasteiger partial charge in [0.05, 0.1) is 6.54 Å². The fraction of sp³-hybridized carbons (Fsp3) is 0.526. The number of rotatable bonds is 4. The number of carbonyl (C=O) groups is 3. The van der Waals surface area contributed by atoms with Crippen LogP contribution in [0.2, 0.25) is 0 Å². The number of nitrogens with one attached hydrogen (secondary N) is 1. The first-order valence-corrected chi connectivity index (χ1v) is 9.07. The fourth-order valence-electron chi connectivity index (χ4n) is 3.36. The predicted octanol–water partition coefficient (Wildman–Crippen LogP) is 1.38. The molecular weight excluding hydrogens is 334 g/mol. The van der Waals surface area contributed by atoms with E-state index in [2.05, 4.69) is 5.32 Å². The van der Waals surface area contributed by atoms with Crippen LogP contribution in [0.5, 0.6) is 0 Å². The fourth-order valence-corrected chi connectivity index (χ4v) is 3.36. The van der Waals surface area contributed by atoms with Crippen molar-refractivity contribution in [1.29, 1.82) is 0 Å². The molecule has 0 spiro atoms. The SMILES string of the molecule is CC[C@H](C)[C@@H]1NC(=O)[C@H]2CN(C(=O)OCc3ccccc3)CCN2C1=O. The number of hydrogen-bond acceptors (Lipinski definition) is 4. The summed E-state index contributed by atoms with van der Waals surface area (Å²) in [6.45, 7) is 5.03. The van der Waals surface area contributed by atoms with Gasteiger partial charge in [-0.25, -0.2) is 4.79 Å². The molecule has 2 fully saturated rings. The lowest BCUT2D eigenvalue weighted by atomic mass is 9.93. The normalized spacial score (nSPS) is 23.9. The van der Waals surface area contributed by atoms with Crippen molar-refractivity contribution in [3.63, 3.8) is 0 Å². The number of amides is 3. The first-order chi connectivity index (χ1) is 12.5. The molecule has 0 saturated carbocycles. The van der Waals surface area contributed by atoms with E-state index in [4.69, 9.17) is 4.74 Å². The third-order valence-corrected chi connectivity index (χ3v) is 5.21. The molecule has 1 N–H and O–H groups in total. The van der Waals surface area contributed by atoms with Crippen LogP contribution in [0.25, 0.3) is 0 Å². The van der Waals surface area contributed by atoms with Crippen molar-refractivity contribution in [3.05, 3.63) is 35.9 Å². The van der Waals surface area contributed by atoms with Crippen LogP contribution in [0, 0.1) is 5.92 Å². The largest absolute Gasteiger partial charge is 0.445 e. The highest BCUT2D eigenvalue weighted by Crippen LogP contribution is 2.21. The van der Waals surface area contributed by atoms with Gasteiger partial charge in [0.15, 0.2) is 0 Å². The molecule has 26 heavy (non-hydrogen) atoms. The Kier molecular flexibility index (Phi) is 5.44. The summed E-state index contributed by atoms with van der Waals surface area (Å²) >= 11 is 0. The zero-order valence-electron chi connectivity index (χ0n) is 15.2. The van der Waals surface area contributed by atoms with E-state index in [9.17, 15) is 14.4 Å². The summed E-state index contributed by atoms with van der Waals surface area (Å²) in [4.78, 5) is 40.6. The van der Waals surface area contributed by atoms with Gasteiger partial charge in [0.2, 0.25) is 11.8 Å². The quantitative estimate of drug-likeness (QED) is 0.881. The Morgan fingerprint density at radius 3 is 2.69 bits per heavy atom. The van der Waals surface area contributed by atoms with Crippen LogP contribution in [0.4, 0.5) is 4.79 Å². The third kappa shape index (κ3) is 3.66. The van der Waals surface area contributed by atoms with Crippen molar-refractivity contribution in [3.8, 4) is 0 Å². The zero-order chi connectivity index (χ0) is 18.7. The number of nitrogens with zero attached hydrogens (tertiary/aromatic N) is 2. The van der Waals surface area contributed by atoms with Crippen LogP contribution in [-0.2, 0) is 20.9 Å². The average Bonchev–Trinajstić information content (AvgIpc) is 2.68. The topological polar surface area (TPSA) is 79.0 Å². The number of benzene rings is 1. The lowest BCUT2D eigenvalue weighted by Gasteiger charge is -2.45. The maximum Gasteiger partial charge on any atom is 0.410 e. The molecule has 2 heterocycles. The Hall–Kier alpha value is -2.57. The van der Waals surface area contributed by atoms with Crippen molar-refractivity contribution in [2.24, 2.45) is 5.92 Å². The van der Waals surface area contributed by atoms with E-state index >= 15 is 0 Å². The van der Waals surface area contributed by atoms with Crippen molar-refractivity contribution in [2.45, 2.75) is 39.0 Å². The molecule has 3 rings (SSSR count). The molecule has 2 saturated heterocycles. The van der Waals surface area contributed by atoms with E-state index in [1.54, 1.807) is 4.90 Å². The van der Waals surface area contributed by atoms with Crippen molar-refractivity contribution in [1.82, 2.24) is 15.1 Å². The average molecular weight is 359 g/mol. The Balaban J connectivity index is 1.60. The highest BCUT2D eigenvalue weighted by molar-refractivity contribution is 5.97. The monoisotopic (exact) mass is 359 g/mol. The van der Waals surface area contributed by atoms with Gasteiger partial charge in [-0.15, -0.1) is 0 Å². The third-order valence-electron chi connectivity index (χ3n) is 5.21. The Morgan fingerprint density at radius 2 is 2.00 bits per heavy atom. The standard InChI is InChI=1S/C19H25N3O4/c1-3-13(2)16-18(24)22-10-9-21(11-15(22)17(23)20-16)19(25)26-12-14-7-5-4-6-8-14/h4-8,13,15-16H,3,9-12H2,1-2H3,(H,20,23)/t13-,15+,16-/m0/s1. The Morgan fingerprint density at radius 1 is 1.27 bits per heavy atom. The van der Waals surface area contributed by atoms with E-state index in [1.807, 2.05) is 44.2 Å². The van der Waals surface area contributed by atoms with Crippen LogP contribution >= 0.6 is 0 Å². The molecule has 0 bridgehead atoms. The lowest BCUT2D eigenvalue weighted by molar-refractivity contribution is -0.154. The van der Waals surface area contributed by atoms with Gasteiger partial charge in [0, 0.05) is 13.1 Å². The molecule has 1 aromatic rings. The van der Waals surface area contributed by atoms with E-state index in [-0.39, 0.29) is 30.9 Å². The number of hydrogen-bond donors (Lipinski definition) is 1. The zero-order valence-corrected chi connectivity index (χ0v) is 15.2. The predicted molar refractivity (Wildman–Crippen MR) is 95.1 cm³/mol. The molecule has 3 amide bonds. The molecule has 140 valence electrons. The summed E-state index contributed by atoms with van der Waals surface area (Å²) in [5, 5.41) is 2.82. The van der Waals surface area contributed by atoms with E-state index < -0.39 is 18.2 Å². The van der Waals surface area contributed by atoms with Gasteiger partial charge in [-0.3, -0.25) is 9.59 Å². The Labute approximate surface area is 153 Å². The van der Waals surface area contributed by atoms with Gasteiger partial charge in [0.1, 0.15) is 18.7 Å². The maximum absolute atomic E-state index is 12.7. The second kappa shape index (κ2) is 7.76. The lowest BCUT2D eigenvalue weighted by Crippen LogP contribution is -2.70. The first kappa shape index (κ1) is 18.2. The molecule has 2 aliphatic rings. The van der Waals surface area contributed by atoms with Crippen LogP contribution in [-0.4, -0.2) is 59.4 Å².